The molecule has 0 saturated carbocycles. The molecule has 14 heavy (non-hydrogen) atoms. The van der Waals surface area contributed by atoms with E-state index in [2.05, 4.69) is 9.97 Å². The lowest BCUT2D eigenvalue weighted by molar-refractivity contribution is 1.08. The minimum absolute atomic E-state index is 0.338. The maximum Gasteiger partial charge on any atom is 0.326 e. The minimum Gasteiger partial charge on any atom is -0.398 e. The van der Waals surface area contributed by atoms with Gasteiger partial charge in [0.2, 0.25) is 0 Å². The highest BCUT2D eigenvalue weighted by Crippen LogP contribution is 2.17. The maximum atomic E-state index is 11.4. The molecule has 2 rings (SSSR count). The van der Waals surface area contributed by atoms with E-state index in [1.165, 1.54) is 0 Å². The highest BCUT2D eigenvalue weighted by atomic mass is 16.2. The molecule has 0 amide bonds. The van der Waals surface area contributed by atoms with Crippen LogP contribution in [0, 0.1) is 6.92 Å². The van der Waals surface area contributed by atoms with Crippen LogP contribution in [0.1, 0.15) is 5.56 Å². The van der Waals surface area contributed by atoms with Gasteiger partial charge in [-0.15, -0.1) is 0 Å². The molecule has 0 fully saturated rings. The fraction of sp³-hybridized carbons (Fsp3) is 0.111. The van der Waals surface area contributed by atoms with E-state index in [1.54, 1.807) is 19.1 Å². The molecule has 0 saturated heterocycles. The molecule has 72 valence electrons. The molecule has 0 unspecified atom stereocenters. The zero-order valence-electron chi connectivity index (χ0n) is 7.55. The van der Waals surface area contributed by atoms with Crippen molar-refractivity contribution in [3.63, 3.8) is 0 Å². The van der Waals surface area contributed by atoms with Crippen LogP contribution in [0.4, 0.5) is 5.69 Å². The molecule has 0 radical (unpaired) electrons. The Morgan fingerprint density at radius 1 is 1.21 bits per heavy atom. The first-order chi connectivity index (χ1) is 6.59. The number of hydrogen-bond acceptors (Lipinski definition) is 3. The number of hydrogen-bond donors (Lipinski definition) is 3. The largest absolute Gasteiger partial charge is 0.398 e. The van der Waals surface area contributed by atoms with Gasteiger partial charge in [0, 0.05) is 5.69 Å². The van der Waals surface area contributed by atoms with Crippen molar-refractivity contribution in [3.8, 4) is 0 Å². The van der Waals surface area contributed by atoms with E-state index < -0.39 is 11.2 Å². The fourth-order valence-electron chi connectivity index (χ4n) is 1.39. The molecule has 5 heteroatoms. The van der Waals surface area contributed by atoms with Crippen molar-refractivity contribution in [1.29, 1.82) is 0 Å². The Labute approximate surface area is 78.6 Å². The zero-order chi connectivity index (χ0) is 10.3. The van der Waals surface area contributed by atoms with Gasteiger partial charge in [-0.05, 0) is 18.6 Å². The summed E-state index contributed by atoms with van der Waals surface area (Å²) in [6.45, 7) is 1.80. The Morgan fingerprint density at radius 2 is 1.93 bits per heavy atom. The number of H-pyrrole nitrogens is 2. The first-order valence-corrected chi connectivity index (χ1v) is 4.11. The summed E-state index contributed by atoms with van der Waals surface area (Å²) in [5.41, 5.74) is 6.43. The number of anilines is 1. The van der Waals surface area contributed by atoms with Gasteiger partial charge in [-0.3, -0.25) is 9.78 Å². The van der Waals surface area contributed by atoms with Gasteiger partial charge in [0.25, 0.3) is 5.56 Å². The Morgan fingerprint density at radius 3 is 2.64 bits per heavy atom. The highest BCUT2D eigenvalue weighted by molar-refractivity contribution is 5.90. The van der Waals surface area contributed by atoms with Gasteiger partial charge in [0.05, 0.1) is 10.9 Å². The summed E-state index contributed by atoms with van der Waals surface area (Å²) in [6, 6.07) is 3.42. The molecule has 0 aliphatic carbocycles. The van der Waals surface area contributed by atoms with Crippen LogP contribution in [0.5, 0.6) is 0 Å². The van der Waals surface area contributed by atoms with Crippen LogP contribution in [-0.4, -0.2) is 9.97 Å². The average molecular weight is 191 g/mol. The predicted molar refractivity (Wildman–Crippen MR) is 54.3 cm³/mol. The lowest BCUT2D eigenvalue weighted by Gasteiger charge is -2.02. The Balaban J connectivity index is 3.11. The van der Waals surface area contributed by atoms with E-state index in [0.717, 1.165) is 5.56 Å². The molecule has 4 N–H and O–H groups in total. The van der Waals surface area contributed by atoms with Gasteiger partial charge in [0.1, 0.15) is 0 Å². The number of benzene rings is 1. The second kappa shape index (κ2) is 2.73. The lowest BCUT2D eigenvalue weighted by atomic mass is 10.1. The number of nitrogens with two attached hydrogens (primary N) is 1. The normalized spacial score (nSPS) is 10.6. The molecule has 0 bridgehead atoms. The summed E-state index contributed by atoms with van der Waals surface area (Å²) in [4.78, 5) is 27.0. The second-order valence-electron chi connectivity index (χ2n) is 3.13. The third-order valence-electron chi connectivity index (χ3n) is 2.17. The van der Waals surface area contributed by atoms with E-state index >= 15 is 0 Å². The maximum absolute atomic E-state index is 11.4. The van der Waals surface area contributed by atoms with E-state index in [9.17, 15) is 9.59 Å². The number of aromatic amines is 2. The van der Waals surface area contributed by atoms with Crippen LogP contribution >= 0.6 is 0 Å². The Bertz CT molecular complexity index is 609. The number of nitrogen functional groups attached to an aromatic ring is 1. The van der Waals surface area contributed by atoms with Crippen LogP contribution in [0.25, 0.3) is 10.9 Å². The average Bonchev–Trinajstić information content (AvgIpc) is 2.10. The summed E-state index contributed by atoms with van der Waals surface area (Å²) in [6.07, 6.45) is 0. The molecule has 0 spiro atoms. The molecule has 0 aliphatic rings. The standard InChI is InChI=1S/C9H9N3O2/c1-4-2-3-5-6(7(4)10)8(13)12-9(14)11-5/h2-3H,10H2,1H3,(H2,11,12,13,14). The van der Waals surface area contributed by atoms with Crippen molar-refractivity contribution in [2.75, 3.05) is 5.73 Å². The number of aryl methyl sites for hydroxylation is 1. The molecule has 1 aromatic heterocycles. The van der Waals surface area contributed by atoms with Gasteiger partial charge < -0.3 is 10.7 Å². The molecule has 0 atom stereocenters. The smallest absolute Gasteiger partial charge is 0.326 e. The van der Waals surface area contributed by atoms with Crippen LogP contribution in [0.15, 0.2) is 21.7 Å². The van der Waals surface area contributed by atoms with Crippen molar-refractivity contribution in [2.24, 2.45) is 0 Å². The quantitative estimate of drug-likeness (QED) is 0.516. The van der Waals surface area contributed by atoms with Gasteiger partial charge in [-0.1, -0.05) is 6.07 Å². The number of fused-ring (bicyclic) bond motifs is 1. The molecule has 2 aromatic rings. The first kappa shape index (κ1) is 8.55. The van der Waals surface area contributed by atoms with Gasteiger partial charge in [0.15, 0.2) is 0 Å². The monoisotopic (exact) mass is 191 g/mol. The molecular weight excluding hydrogens is 182 g/mol. The van der Waals surface area contributed by atoms with Gasteiger partial charge in [-0.2, -0.15) is 0 Å². The third-order valence-corrected chi connectivity index (χ3v) is 2.17. The summed E-state index contributed by atoms with van der Waals surface area (Å²) in [5, 5.41) is 0.338. The SMILES string of the molecule is Cc1ccc2[nH]c(=O)[nH]c(=O)c2c1N. The van der Waals surface area contributed by atoms with Gasteiger partial charge >= 0.3 is 5.69 Å². The van der Waals surface area contributed by atoms with Crippen LogP contribution in [0.3, 0.4) is 0 Å². The molecular formula is C9H9N3O2. The predicted octanol–water partition coefficient (Wildman–Crippen LogP) is 0.107. The molecule has 1 aromatic carbocycles. The van der Waals surface area contributed by atoms with Crippen molar-refractivity contribution < 1.29 is 0 Å². The number of nitrogens with one attached hydrogen (secondary N) is 2. The summed E-state index contributed by atoms with van der Waals surface area (Å²) in [7, 11) is 0. The molecule has 5 nitrogen and oxygen atoms in total. The lowest BCUT2D eigenvalue weighted by Crippen LogP contribution is -2.22. The third kappa shape index (κ3) is 1.10. The van der Waals surface area contributed by atoms with Gasteiger partial charge in [-0.25, -0.2) is 4.79 Å². The van der Waals surface area contributed by atoms with E-state index in [0.29, 0.717) is 16.6 Å². The number of aromatic nitrogens is 2. The van der Waals surface area contributed by atoms with E-state index in [1.807, 2.05) is 0 Å². The number of rotatable bonds is 0. The fourth-order valence-corrected chi connectivity index (χ4v) is 1.39. The van der Waals surface area contributed by atoms with Crippen LogP contribution < -0.4 is 17.0 Å². The second-order valence-corrected chi connectivity index (χ2v) is 3.13. The molecule has 0 aliphatic heterocycles. The van der Waals surface area contributed by atoms with E-state index in [-0.39, 0.29) is 0 Å². The Hall–Kier alpha value is -2.04. The topological polar surface area (TPSA) is 91.7 Å². The minimum atomic E-state index is -0.522. The highest BCUT2D eigenvalue weighted by Gasteiger charge is 2.05. The summed E-state index contributed by atoms with van der Waals surface area (Å²) in [5.74, 6) is 0. The Kier molecular flexibility index (Phi) is 1.67. The van der Waals surface area contributed by atoms with Crippen molar-refractivity contribution >= 4 is 16.6 Å². The van der Waals surface area contributed by atoms with Crippen molar-refractivity contribution in [1.82, 2.24) is 9.97 Å². The van der Waals surface area contributed by atoms with Crippen LogP contribution in [-0.2, 0) is 0 Å². The summed E-state index contributed by atoms with van der Waals surface area (Å²) >= 11 is 0. The first-order valence-electron chi connectivity index (χ1n) is 4.11. The van der Waals surface area contributed by atoms with Crippen molar-refractivity contribution in [2.45, 2.75) is 6.92 Å². The van der Waals surface area contributed by atoms with Crippen molar-refractivity contribution in [3.05, 3.63) is 38.5 Å². The summed E-state index contributed by atoms with van der Waals surface area (Å²) < 4.78 is 0. The van der Waals surface area contributed by atoms with Crippen LogP contribution in [0.2, 0.25) is 0 Å². The van der Waals surface area contributed by atoms with E-state index in [4.69, 9.17) is 5.73 Å². The molecule has 1 heterocycles. The zero-order valence-corrected chi connectivity index (χ0v) is 7.55.